The predicted molar refractivity (Wildman–Crippen MR) is 86.5 cm³/mol. The minimum absolute atomic E-state index is 0.0181. The normalized spacial score (nSPS) is 22.3. The van der Waals surface area contributed by atoms with E-state index in [1.807, 2.05) is 13.1 Å². The van der Waals surface area contributed by atoms with Gasteiger partial charge in [0, 0.05) is 25.1 Å². The quantitative estimate of drug-likeness (QED) is 0.910. The molecule has 22 heavy (non-hydrogen) atoms. The number of nitrogens with one attached hydrogen (secondary N) is 1. The summed E-state index contributed by atoms with van der Waals surface area (Å²) in [6.45, 7) is 5.20. The average molecular weight is 298 g/mol. The van der Waals surface area contributed by atoms with Crippen LogP contribution >= 0.6 is 0 Å². The lowest BCUT2D eigenvalue weighted by Gasteiger charge is -2.27. The van der Waals surface area contributed by atoms with Gasteiger partial charge in [0.15, 0.2) is 0 Å². The Morgan fingerprint density at radius 1 is 1.36 bits per heavy atom. The summed E-state index contributed by atoms with van der Waals surface area (Å²) in [7, 11) is 1.83. The van der Waals surface area contributed by atoms with Gasteiger partial charge in [-0.1, -0.05) is 44.2 Å². The van der Waals surface area contributed by atoms with Crippen LogP contribution in [0.3, 0.4) is 0 Å². The summed E-state index contributed by atoms with van der Waals surface area (Å²) >= 11 is 0. The summed E-state index contributed by atoms with van der Waals surface area (Å²) in [5.74, 6) is 0.253. The van der Waals surface area contributed by atoms with Gasteiger partial charge in [-0.25, -0.2) is 0 Å². The number of aromatic amines is 1. The molecule has 3 N–H and O–H groups in total. The minimum atomic E-state index is -0.0813. The number of amides is 1. The molecule has 1 aromatic carbocycles. The molecule has 1 heterocycles. The zero-order valence-corrected chi connectivity index (χ0v) is 13.3. The fourth-order valence-corrected chi connectivity index (χ4v) is 3.45. The van der Waals surface area contributed by atoms with E-state index in [4.69, 9.17) is 5.73 Å². The summed E-state index contributed by atoms with van der Waals surface area (Å²) in [5.41, 5.74) is 7.51. The number of hydrogen-bond donors (Lipinski definition) is 2. The summed E-state index contributed by atoms with van der Waals surface area (Å²) in [6.07, 6.45) is 1.08. The molecular formula is C17H22N4O. The SMILES string of the molecule is CN(C[C@@]1(c2ccccc2)CC1(C)C)C(=O)c1cc(N)n[nH]1. The second kappa shape index (κ2) is 4.87. The van der Waals surface area contributed by atoms with E-state index in [-0.39, 0.29) is 16.7 Å². The number of nitrogen functional groups attached to an aromatic ring is 1. The Morgan fingerprint density at radius 3 is 2.50 bits per heavy atom. The monoisotopic (exact) mass is 298 g/mol. The molecule has 0 aliphatic heterocycles. The molecule has 1 atom stereocenters. The number of likely N-dealkylation sites (N-methyl/N-ethyl adjacent to an activating group) is 1. The average Bonchev–Trinajstić information content (AvgIpc) is 2.83. The van der Waals surface area contributed by atoms with Crippen molar-refractivity contribution in [3.63, 3.8) is 0 Å². The highest BCUT2D eigenvalue weighted by Crippen LogP contribution is 2.64. The predicted octanol–water partition coefficient (Wildman–Crippen LogP) is 2.43. The van der Waals surface area contributed by atoms with Crippen molar-refractivity contribution < 1.29 is 4.79 Å². The van der Waals surface area contributed by atoms with Crippen LogP contribution in [0.5, 0.6) is 0 Å². The molecule has 1 fully saturated rings. The number of nitrogens with two attached hydrogens (primary N) is 1. The smallest absolute Gasteiger partial charge is 0.271 e. The van der Waals surface area contributed by atoms with E-state index >= 15 is 0 Å². The van der Waals surface area contributed by atoms with Crippen LogP contribution in [0.25, 0.3) is 0 Å². The van der Waals surface area contributed by atoms with E-state index in [1.54, 1.807) is 11.0 Å². The molecule has 0 bridgehead atoms. The van der Waals surface area contributed by atoms with Crippen molar-refractivity contribution in [1.29, 1.82) is 0 Å². The van der Waals surface area contributed by atoms with Gasteiger partial charge in [0.05, 0.1) is 0 Å². The molecule has 1 aliphatic rings. The van der Waals surface area contributed by atoms with Crippen LogP contribution in [0.15, 0.2) is 36.4 Å². The van der Waals surface area contributed by atoms with Gasteiger partial charge in [0.2, 0.25) is 0 Å². The topological polar surface area (TPSA) is 75.0 Å². The number of anilines is 1. The number of aromatic nitrogens is 2. The Balaban J connectivity index is 1.83. The van der Waals surface area contributed by atoms with E-state index in [2.05, 4.69) is 48.3 Å². The lowest BCUT2D eigenvalue weighted by atomic mass is 9.87. The van der Waals surface area contributed by atoms with Gasteiger partial charge in [0.1, 0.15) is 11.5 Å². The molecule has 0 spiro atoms. The van der Waals surface area contributed by atoms with E-state index in [9.17, 15) is 4.79 Å². The zero-order chi connectivity index (χ0) is 16.0. The first-order valence-electron chi connectivity index (χ1n) is 7.48. The molecule has 1 aromatic heterocycles. The van der Waals surface area contributed by atoms with Gasteiger partial charge in [-0.05, 0) is 17.4 Å². The third-order valence-corrected chi connectivity index (χ3v) is 4.92. The maximum atomic E-state index is 12.5. The molecular weight excluding hydrogens is 276 g/mol. The molecule has 116 valence electrons. The molecule has 1 saturated carbocycles. The second-order valence-electron chi connectivity index (χ2n) is 6.88. The van der Waals surface area contributed by atoms with Crippen LogP contribution in [0.4, 0.5) is 5.82 Å². The van der Waals surface area contributed by atoms with Crippen LogP contribution in [0.2, 0.25) is 0 Å². The Bertz CT molecular complexity index is 692. The van der Waals surface area contributed by atoms with Crippen LogP contribution in [-0.2, 0) is 5.41 Å². The Morgan fingerprint density at radius 2 is 2.00 bits per heavy atom. The van der Waals surface area contributed by atoms with Gasteiger partial charge < -0.3 is 10.6 Å². The summed E-state index contributed by atoms with van der Waals surface area (Å²) < 4.78 is 0. The molecule has 5 nitrogen and oxygen atoms in total. The molecule has 0 unspecified atom stereocenters. The molecule has 1 aliphatic carbocycles. The first-order chi connectivity index (χ1) is 10.4. The summed E-state index contributed by atoms with van der Waals surface area (Å²) in [6, 6.07) is 12.0. The lowest BCUT2D eigenvalue weighted by Crippen LogP contribution is -2.36. The highest BCUT2D eigenvalue weighted by Gasteiger charge is 2.62. The maximum absolute atomic E-state index is 12.5. The van der Waals surface area contributed by atoms with Crippen molar-refractivity contribution >= 4 is 11.7 Å². The number of carbonyl (C=O) groups is 1. The zero-order valence-electron chi connectivity index (χ0n) is 13.3. The largest absolute Gasteiger partial charge is 0.382 e. The van der Waals surface area contributed by atoms with Crippen LogP contribution in [0.1, 0.15) is 36.3 Å². The summed E-state index contributed by atoms with van der Waals surface area (Å²) in [4.78, 5) is 14.3. The van der Waals surface area contributed by atoms with Crippen LogP contribution in [0, 0.1) is 5.41 Å². The first-order valence-corrected chi connectivity index (χ1v) is 7.48. The fraction of sp³-hybridized carbons (Fsp3) is 0.412. The standard InChI is InChI=1S/C17H22N4O/c1-16(2)10-17(16,12-7-5-4-6-8-12)11-21(3)15(22)13-9-14(18)20-19-13/h4-9H,10-11H2,1-3H3,(H3,18,19,20)/t17-/m1/s1. The number of hydrogen-bond acceptors (Lipinski definition) is 3. The Kier molecular flexibility index (Phi) is 3.24. The van der Waals surface area contributed by atoms with Gasteiger partial charge in [-0.15, -0.1) is 0 Å². The van der Waals surface area contributed by atoms with Crippen LogP contribution in [-0.4, -0.2) is 34.6 Å². The van der Waals surface area contributed by atoms with E-state index in [1.165, 1.54) is 5.56 Å². The van der Waals surface area contributed by atoms with Gasteiger partial charge in [0.25, 0.3) is 5.91 Å². The molecule has 1 amide bonds. The van der Waals surface area contributed by atoms with Gasteiger partial charge >= 0.3 is 0 Å². The highest BCUT2D eigenvalue weighted by molar-refractivity contribution is 5.92. The van der Waals surface area contributed by atoms with Crippen LogP contribution < -0.4 is 5.73 Å². The molecule has 0 radical (unpaired) electrons. The van der Waals surface area contributed by atoms with Crippen molar-refractivity contribution in [2.75, 3.05) is 19.3 Å². The summed E-state index contributed by atoms with van der Waals surface area (Å²) in [5, 5.41) is 6.51. The first kappa shape index (κ1) is 14.6. The van der Waals surface area contributed by atoms with E-state index < -0.39 is 0 Å². The van der Waals surface area contributed by atoms with Crippen molar-refractivity contribution in [1.82, 2.24) is 15.1 Å². The number of rotatable bonds is 4. The maximum Gasteiger partial charge on any atom is 0.271 e. The molecule has 5 heteroatoms. The molecule has 3 rings (SSSR count). The van der Waals surface area contributed by atoms with E-state index in [0.717, 1.165) is 6.42 Å². The van der Waals surface area contributed by atoms with E-state index in [0.29, 0.717) is 18.1 Å². The Hall–Kier alpha value is -2.30. The Labute approximate surface area is 130 Å². The third kappa shape index (κ3) is 2.26. The molecule has 0 saturated heterocycles. The number of nitrogens with zero attached hydrogens (tertiary/aromatic N) is 2. The second-order valence-corrected chi connectivity index (χ2v) is 6.88. The number of carbonyl (C=O) groups excluding carboxylic acids is 1. The number of benzene rings is 1. The highest BCUT2D eigenvalue weighted by atomic mass is 16.2. The minimum Gasteiger partial charge on any atom is -0.382 e. The third-order valence-electron chi connectivity index (χ3n) is 4.92. The van der Waals surface area contributed by atoms with Crippen molar-refractivity contribution in [2.24, 2.45) is 5.41 Å². The van der Waals surface area contributed by atoms with Gasteiger partial charge in [-0.3, -0.25) is 9.89 Å². The molecule has 2 aromatic rings. The van der Waals surface area contributed by atoms with Crippen molar-refractivity contribution in [3.05, 3.63) is 47.7 Å². The fourth-order valence-electron chi connectivity index (χ4n) is 3.45. The van der Waals surface area contributed by atoms with Gasteiger partial charge in [-0.2, -0.15) is 5.10 Å². The van der Waals surface area contributed by atoms with Crippen molar-refractivity contribution in [2.45, 2.75) is 25.7 Å². The van der Waals surface area contributed by atoms with Crippen molar-refractivity contribution in [3.8, 4) is 0 Å². The lowest BCUT2D eigenvalue weighted by molar-refractivity contribution is 0.0769. The number of H-pyrrole nitrogens is 1.